The summed E-state index contributed by atoms with van der Waals surface area (Å²) in [6, 6.07) is 9.92. The average Bonchev–Trinajstić information content (AvgIpc) is 3.52. The molecule has 0 aliphatic carbocycles. The van der Waals surface area contributed by atoms with E-state index in [4.69, 9.17) is 13.9 Å². The molecule has 1 fully saturated rings. The molecule has 0 amide bonds. The van der Waals surface area contributed by atoms with Gasteiger partial charge in [0.05, 0.1) is 31.4 Å². The first-order valence-corrected chi connectivity index (χ1v) is 11.5. The van der Waals surface area contributed by atoms with Gasteiger partial charge in [0.2, 0.25) is 0 Å². The minimum absolute atomic E-state index is 0.218. The number of thioether (sulfide) groups is 1. The van der Waals surface area contributed by atoms with E-state index >= 15 is 0 Å². The fourth-order valence-corrected chi connectivity index (χ4v) is 4.51. The van der Waals surface area contributed by atoms with Crippen molar-refractivity contribution in [3.8, 4) is 0 Å². The predicted molar refractivity (Wildman–Crippen MR) is 117 cm³/mol. The molecule has 8 nitrogen and oxygen atoms in total. The summed E-state index contributed by atoms with van der Waals surface area (Å²) in [5, 5.41) is 9.91. The van der Waals surface area contributed by atoms with Crippen LogP contribution >= 0.6 is 11.8 Å². The Bertz CT molecular complexity index is 940. The van der Waals surface area contributed by atoms with E-state index in [0.29, 0.717) is 19.7 Å². The lowest BCUT2D eigenvalue weighted by molar-refractivity contribution is 0.0933. The molecule has 0 spiro atoms. The molecule has 9 heteroatoms. The van der Waals surface area contributed by atoms with Crippen LogP contribution in [0.15, 0.2) is 46.1 Å². The van der Waals surface area contributed by atoms with Crippen molar-refractivity contribution < 1.29 is 13.9 Å². The molecule has 4 heterocycles. The molecule has 0 bridgehead atoms. The molecule has 0 radical (unpaired) electrons. The molecule has 31 heavy (non-hydrogen) atoms. The zero-order chi connectivity index (χ0) is 21.5. The number of furan rings is 1. The van der Waals surface area contributed by atoms with E-state index in [1.165, 1.54) is 0 Å². The third kappa shape index (κ3) is 6.16. The van der Waals surface area contributed by atoms with Crippen LogP contribution in [0.4, 0.5) is 0 Å². The molecule has 3 aromatic heterocycles. The van der Waals surface area contributed by atoms with Crippen LogP contribution < -0.4 is 0 Å². The van der Waals surface area contributed by atoms with Gasteiger partial charge in [0, 0.05) is 25.7 Å². The van der Waals surface area contributed by atoms with Gasteiger partial charge in [-0.25, -0.2) is 0 Å². The Balaban J connectivity index is 1.43. The van der Waals surface area contributed by atoms with Gasteiger partial charge in [0.25, 0.3) is 0 Å². The highest BCUT2D eigenvalue weighted by Gasteiger charge is 2.22. The first-order valence-electron chi connectivity index (χ1n) is 10.5. The Labute approximate surface area is 187 Å². The second-order valence-corrected chi connectivity index (χ2v) is 8.67. The second kappa shape index (κ2) is 10.9. The third-order valence-electron chi connectivity index (χ3n) is 5.12. The molecule has 3 aromatic rings. The van der Waals surface area contributed by atoms with E-state index in [1.54, 1.807) is 18.9 Å². The molecular formula is C22H29N5O3S. The fourth-order valence-electron chi connectivity index (χ4n) is 3.63. The van der Waals surface area contributed by atoms with E-state index in [2.05, 4.69) is 31.7 Å². The summed E-state index contributed by atoms with van der Waals surface area (Å²) in [5.41, 5.74) is 1.03. The zero-order valence-electron chi connectivity index (χ0n) is 18.1. The molecule has 0 unspecified atom stereocenters. The lowest BCUT2D eigenvalue weighted by Crippen LogP contribution is -2.23. The van der Waals surface area contributed by atoms with Crippen molar-refractivity contribution in [2.24, 2.45) is 0 Å². The normalized spacial score (nSPS) is 16.4. The highest BCUT2D eigenvalue weighted by atomic mass is 32.2. The summed E-state index contributed by atoms with van der Waals surface area (Å²) >= 11 is 1.66. The van der Waals surface area contributed by atoms with Gasteiger partial charge in [-0.05, 0) is 44.2 Å². The lowest BCUT2D eigenvalue weighted by Gasteiger charge is -2.18. The SMILES string of the molecule is COCc1ccc(CN(C)Cc2nnc(SCc3ccccn3)n2C[C@@H]2CCCO2)o1. The molecule has 166 valence electrons. The summed E-state index contributed by atoms with van der Waals surface area (Å²) in [7, 11) is 3.73. The van der Waals surface area contributed by atoms with E-state index in [1.807, 2.05) is 36.5 Å². The van der Waals surface area contributed by atoms with Crippen LogP contribution in [0.3, 0.4) is 0 Å². The summed E-state index contributed by atoms with van der Waals surface area (Å²) < 4.78 is 19.0. The fraction of sp³-hybridized carbons (Fsp3) is 0.500. The number of aromatic nitrogens is 4. The van der Waals surface area contributed by atoms with Crippen LogP contribution in [0.2, 0.25) is 0 Å². The van der Waals surface area contributed by atoms with Crippen LogP contribution in [0.1, 0.15) is 35.9 Å². The van der Waals surface area contributed by atoms with Gasteiger partial charge in [-0.3, -0.25) is 9.88 Å². The Morgan fingerprint density at radius 1 is 1.19 bits per heavy atom. The lowest BCUT2D eigenvalue weighted by atomic mass is 10.2. The number of ether oxygens (including phenoxy) is 2. The number of methoxy groups -OCH3 is 1. The summed E-state index contributed by atoms with van der Waals surface area (Å²) in [6.07, 6.45) is 4.23. The largest absolute Gasteiger partial charge is 0.462 e. The molecule has 0 N–H and O–H groups in total. The molecule has 1 atom stereocenters. The van der Waals surface area contributed by atoms with E-state index in [9.17, 15) is 0 Å². The van der Waals surface area contributed by atoms with Crippen molar-refractivity contribution in [3.63, 3.8) is 0 Å². The molecular weight excluding hydrogens is 414 g/mol. The third-order valence-corrected chi connectivity index (χ3v) is 6.12. The summed E-state index contributed by atoms with van der Waals surface area (Å²) in [4.78, 5) is 6.59. The van der Waals surface area contributed by atoms with Crippen molar-refractivity contribution in [3.05, 3.63) is 59.6 Å². The smallest absolute Gasteiger partial charge is 0.191 e. The minimum Gasteiger partial charge on any atom is -0.462 e. The van der Waals surface area contributed by atoms with Crippen molar-refractivity contribution >= 4 is 11.8 Å². The molecule has 0 saturated carbocycles. The van der Waals surface area contributed by atoms with Crippen LogP contribution in [-0.2, 0) is 41.5 Å². The highest BCUT2D eigenvalue weighted by Crippen LogP contribution is 2.24. The van der Waals surface area contributed by atoms with Crippen molar-refractivity contribution in [1.82, 2.24) is 24.6 Å². The Morgan fingerprint density at radius 2 is 2.10 bits per heavy atom. The first kappa shape index (κ1) is 22.0. The predicted octanol–water partition coefficient (Wildman–Crippen LogP) is 3.52. The van der Waals surface area contributed by atoms with Gasteiger partial charge < -0.3 is 18.5 Å². The summed E-state index contributed by atoms with van der Waals surface area (Å²) in [5.74, 6) is 3.44. The first-order chi connectivity index (χ1) is 15.2. The number of rotatable bonds is 11. The van der Waals surface area contributed by atoms with Crippen LogP contribution in [-0.4, -0.2) is 51.5 Å². The number of nitrogens with zero attached hydrogens (tertiary/aromatic N) is 5. The monoisotopic (exact) mass is 443 g/mol. The van der Waals surface area contributed by atoms with Gasteiger partial charge in [-0.1, -0.05) is 17.8 Å². The Morgan fingerprint density at radius 3 is 2.87 bits per heavy atom. The van der Waals surface area contributed by atoms with E-state index in [-0.39, 0.29) is 6.10 Å². The second-order valence-electron chi connectivity index (χ2n) is 7.73. The summed E-state index contributed by atoms with van der Waals surface area (Å²) in [6.45, 7) is 3.45. The standard InChI is InChI=1S/C22H29N5O3S/c1-26(12-19-8-9-20(30-19)15-28-2)14-21-24-25-22(27(21)13-18-7-5-11-29-18)31-16-17-6-3-4-10-23-17/h3-4,6,8-10,18H,5,7,11-16H2,1-2H3/t18-/m0/s1. The Hall–Kier alpha value is -2.20. The quantitative estimate of drug-likeness (QED) is 0.417. The van der Waals surface area contributed by atoms with Gasteiger partial charge in [-0.2, -0.15) is 0 Å². The molecule has 1 saturated heterocycles. The molecule has 0 aromatic carbocycles. The maximum absolute atomic E-state index is 5.89. The number of hydrogen-bond donors (Lipinski definition) is 0. The van der Waals surface area contributed by atoms with Gasteiger partial charge >= 0.3 is 0 Å². The zero-order valence-corrected chi connectivity index (χ0v) is 18.9. The molecule has 4 rings (SSSR count). The number of pyridine rings is 1. The van der Waals surface area contributed by atoms with Crippen LogP contribution in [0, 0.1) is 0 Å². The number of hydrogen-bond acceptors (Lipinski definition) is 8. The highest BCUT2D eigenvalue weighted by molar-refractivity contribution is 7.98. The molecule has 1 aliphatic heterocycles. The van der Waals surface area contributed by atoms with Crippen molar-refractivity contribution in [1.29, 1.82) is 0 Å². The molecule has 1 aliphatic rings. The van der Waals surface area contributed by atoms with Crippen molar-refractivity contribution in [2.75, 3.05) is 20.8 Å². The maximum atomic E-state index is 5.89. The minimum atomic E-state index is 0.218. The Kier molecular flexibility index (Phi) is 7.74. The van der Waals surface area contributed by atoms with Crippen molar-refractivity contribution in [2.45, 2.75) is 56.1 Å². The maximum Gasteiger partial charge on any atom is 0.191 e. The van der Waals surface area contributed by atoms with E-state index in [0.717, 1.165) is 59.9 Å². The average molecular weight is 444 g/mol. The van der Waals surface area contributed by atoms with Gasteiger partial charge in [0.1, 0.15) is 24.0 Å². The van der Waals surface area contributed by atoms with Crippen LogP contribution in [0.5, 0.6) is 0 Å². The van der Waals surface area contributed by atoms with Gasteiger partial charge in [-0.15, -0.1) is 10.2 Å². The van der Waals surface area contributed by atoms with E-state index < -0.39 is 0 Å². The van der Waals surface area contributed by atoms with Crippen LogP contribution in [0.25, 0.3) is 0 Å². The van der Waals surface area contributed by atoms with Gasteiger partial charge in [0.15, 0.2) is 5.16 Å². The topological polar surface area (TPSA) is 78.4 Å².